The Balaban J connectivity index is 1.96. The van der Waals surface area contributed by atoms with Crippen LogP contribution in [0.15, 0.2) is 43.8 Å². The van der Waals surface area contributed by atoms with Crippen LogP contribution in [0.2, 0.25) is 0 Å². The maximum Gasteiger partial charge on any atom is 0.508 e. The summed E-state index contributed by atoms with van der Waals surface area (Å²) in [6.45, 7) is 4.98. The van der Waals surface area contributed by atoms with E-state index in [1.165, 1.54) is 108 Å². The molecule has 42 heavy (non-hydrogen) atoms. The molecular formula is C35H54O3S4. The second-order valence-electron chi connectivity index (χ2n) is 10.8. The third kappa shape index (κ3) is 13.4. The van der Waals surface area contributed by atoms with Gasteiger partial charge in [-0.3, -0.25) is 0 Å². The molecule has 0 radical (unpaired) electrons. The van der Waals surface area contributed by atoms with Gasteiger partial charge in [0.15, 0.2) is 0 Å². The zero-order valence-electron chi connectivity index (χ0n) is 27.0. The number of rotatable bonds is 22. The Hall–Kier alpha value is -0.890. The van der Waals surface area contributed by atoms with Crippen molar-refractivity contribution in [3.63, 3.8) is 0 Å². The van der Waals surface area contributed by atoms with E-state index in [4.69, 9.17) is 9.47 Å². The van der Waals surface area contributed by atoms with E-state index in [9.17, 15) is 4.79 Å². The summed E-state index contributed by atoms with van der Waals surface area (Å²) in [6.07, 6.45) is 25.6. The maximum atomic E-state index is 12.7. The van der Waals surface area contributed by atoms with Gasteiger partial charge in [0.1, 0.15) is 13.2 Å². The van der Waals surface area contributed by atoms with Crippen LogP contribution in [0.3, 0.4) is 0 Å². The normalized spacial score (nSPS) is 11.2. The number of unbranched alkanes of at least 4 members (excludes halogenated alkanes) is 10. The highest BCUT2D eigenvalue weighted by Gasteiger charge is 2.16. The molecule has 0 bridgehead atoms. The SMILES string of the molecule is CCCCCCCCc1cc(SC)c(COC(=O)OCc2c(SC)cc(CCCCCCCC)cc2SC)c(SC)c1. The van der Waals surface area contributed by atoms with Crippen molar-refractivity contribution in [2.45, 2.75) is 137 Å². The molecule has 0 heterocycles. The van der Waals surface area contributed by atoms with Gasteiger partial charge in [0.2, 0.25) is 0 Å². The molecular weight excluding hydrogens is 597 g/mol. The number of ether oxygens (including phenoxy) is 2. The Bertz CT molecular complexity index is 925. The third-order valence-corrected chi connectivity index (χ3v) is 10.9. The first-order valence-electron chi connectivity index (χ1n) is 15.8. The van der Waals surface area contributed by atoms with Crippen LogP contribution in [-0.4, -0.2) is 31.2 Å². The van der Waals surface area contributed by atoms with Gasteiger partial charge in [0, 0.05) is 30.7 Å². The number of carbonyl (C=O) groups is 1. The average Bonchev–Trinajstić information content (AvgIpc) is 3.01. The van der Waals surface area contributed by atoms with E-state index in [1.54, 1.807) is 47.0 Å². The fraction of sp³-hybridized carbons (Fsp3) is 0.629. The van der Waals surface area contributed by atoms with E-state index < -0.39 is 6.16 Å². The predicted octanol–water partition coefficient (Wildman–Crippen LogP) is 12.2. The van der Waals surface area contributed by atoms with Crippen LogP contribution >= 0.6 is 47.0 Å². The molecule has 0 spiro atoms. The van der Waals surface area contributed by atoms with Crippen LogP contribution in [0.5, 0.6) is 0 Å². The van der Waals surface area contributed by atoms with Gasteiger partial charge < -0.3 is 9.47 Å². The summed E-state index contributed by atoms with van der Waals surface area (Å²) >= 11 is 6.89. The number of carbonyl (C=O) groups excluding carboxylic acids is 1. The predicted molar refractivity (Wildman–Crippen MR) is 189 cm³/mol. The molecule has 0 amide bonds. The summed E-state index contributed by atoms with van der Waals surface area (Å²) in [5, 5.41) is 0. The van der Waals surface area contributed by atoms with Crippen LogP contribution < -0.4 is 0 Å². The monoisotopic (exact) mass is 650 g/mol. The van der Waals surface area contributed by atoms with Crippen molar-refractivity contribution >= 4 is 53.2 Å². The molecule has 3 nitrogen and oxygen atoms in total. The lowest BCUT2D eigenvalue weighted by atomic mass is 10.0. The molecule has 0 aliphatic carbocycles. The van der Waals surface area contributed by atoms with E-state index in [0.29, 0.717) is 0 Å². The third-order valence-electron chi connectivity index (χ3n) is 7.64. The standard InChI is InChI=1S/C35H54O3S4/c1-7-9-11-13-15-17-19-27-21-31(39-3)29(32(22-27)40-4)25-37-35(36)38-26-30-33(41-5)23-28(24-34(30)42-6)20-18-16-14-12-10-8-2/h21-24H,7-20,25-26H2,1-6H3. The van der Waals surface area contributed by atoms with Gasteiger partial charge in [-0.2, -0.15) is 0 Å². The second-order valence-corrected chi connectivity index (χ2v) is 14.2. The Kier molecular flexibility index (Phi) is 20.1. The summed E-state index contributed by atoms with van der Waals surface area (Å²) in [6, 6.07) is 9.12. The van der Waals surface area contributed by atoms with Crippen LogP contribution in [-0.2, 0) is 35.5 Å². The zero-order valence-corrected chi connectivity index (χ0v) is 30.2. The minimum absolute atomic E-state index is 0.227. The molecule has 7 heteroatoms. The first kappa shape index (κ1) is 37.3. The number of aryl methyl sites for hydroxylation is 2. The molecule has 0 atom stereocenters. The number of hydrogen-bond donors (Lipinski definition) is 0. The first-order valence-corrected chi connectivity index (χ1v) is 20.7. The topological polar surface area (TPSA) is 35.5 Å². The second kappa shape index (κ2) is 22.6. The Labute approximate surface area is 274 Å². The van der Waals surface area contributed by atoms with Crippen LogP contribution in [0.25, 0.3) is 0 Å². The minimum Gasteiger partial charge on any atom is -0.429 e. The fourth-order valence-corrected chi connectivity index (χ4v) is 8.04. The van der Waals surface area contributed by atoms with Crippen molar-refractivity contribution in [2.24, 2.45) is 0 Å². The molecule has 0 fully saturated rings. The summed E-state index contributed by atoms with van der Waals surface area (Å²) in [5.41, 5.74) is 4.90. The van der Waals surface area contributed by atoms with Gasteiger partial charge in [0.25, 0.3) is 0 Å². The molecule has 0 aromatic heterocycles. The molecule has 0 saturated heterocycles. The van der Waals surface area contributed by atoms with Crippen LogP contribution in [0, 0.1) is 0 Å². The zero-order chi connectivity index (χ0) is 30.6. The number of benzene rings is 2. The van der Waals surface area contributed by atoms with Crippen molar-refractivity contribution in [3.05, 3.63) is 46.5 Å². The highest BCUT2D eigenvalue weighted by atomic mass is 32.2. The van der Waals surface area contributed by atoms with Crippen LogP contribution in [0.1, 0.15) is 113 Å². The first-order chi connectivity index (χ1) is 20.5. The number of hydrogen-bond acceptors (Lipinski definition) is 7. The molecule has 0 saturated carbocycles. The van der Waals surface area contributed by atoms with Crippen molar-refractivity contribution in [2.75, 3.05) is 25.0 Å². The minimum atomic E-state index is -0.611. The molecule has 0 N–H and O–H groups in total. The molecule has 2 aromatic carbocycles. The van der Waals surface area contributed by atoms with Gasteiger partial charge in [-0.15, -0.1) is 47.0 Å². The van der Waals surface area contributed by atoms with E-state index in [2.05, 4.69) is 63.1 Å². The van der Waals surface area contributed by atoms with Gasteiger partial charge >= 0.3 is 6.16 Å². The van der Waals surface area contributed by atoms with E-state index in [1.807, 2.05) is 0 Å². The largest absolute Gasteiger partial charge is 0.508 e. The molecule has 0 aliphatic rings. The van der Waals surface area contributed by atoms with Gasteiger partial charge in [0.05, 0.1) is 0 Å². The molecule has 236 valence electrons. The Morgan fingerprint density at radius 2 is 0.833 bits per heavy atom. The average molecular weight is 651 g/mol. The molecule has 0 aliphatic heterocycles. The van der Waals surface area contributed by atoms with Gasteiger partial charge in [-0.05, 0) is 86.1 Å². The Morgan fingerprint density at radius 3 is 1.14 bits per heavy atom. The van der Waals surface area contributed by atoms with Crippen molar-refractivity contribution in [1.82, 2.24) is 0 Å². The Morgan fingerprint density at radius 1 is 0.524 bits per heavy atom. The lowest BCUT2D eigenvalue weighted by molar-refractivity contribution is 0.0427. The lowest BCUT2D eigenvalue weighted by Gasteiger charge is -2.17. The summed E-state index contributed by atoms with van der Waals surface area (Å²) < 4.78 is 11.3. The summed E-state index contributed by atoms with van der Waals surface area (Å²) in [5.74, 6) is 0. The molecule has 0 unspecified atom stereocenters. The quantitative estimate of drug-likeness (QED) is 0.0712. The lowest BCUT2D eigenvalue weighted by Crippen LogP contribution is -2.10. The van der Waals surface area contributed by atoms with Crippen LogP contribution in [0.4, 0.5) is 4.79 Å². The number of thioether (sulfide) groups is 4. The molecule has 2 rings (SSSR count). The highest BCUT2D eigenvalue weighted by Crippen LogP contribution is 2.34. The van der Waals surface area contributed by atoms with E-state index in [0.717, 1.165) is 24.0 Å². The smallest absolute Gasteiger partial charge is 0.429 e. The van der Waals surface area contributed by atoms with Crippen molar-refractivity contribution < 1.29 is 14.3 Å². The van der Waals surface area contributed by atoms with Gasteiger partial charge in [-0.1, -0.05) is 78.1 Å². The summed E-state index contributed by atoms with van der Waals surface area (Å²) in [4.78, 5) is 17.5. The summed E-state index contributed by atoms with van der Waals surface area (Å²) in [7, 11) is 0. The van der Waals surface area contributed by atoms with E-state index in [-0.39, 0.29) is 13.2 Å². The highest BCUT2D eigenvalue weighted by molar-refractivity contribution is 7.99. The van der Waals surface area contributed by atoms with Crippen molar-refractivity contribution in [3.8, 4) is 0 Å². The maximum absolute atomic E-state index is 12.7. The fourth-order valence-electron chi connectivity index (χ4n) is 5.17. The van der Waals surface area contributed by atoms with E-state index >= 15 is 0 Å². The van der Waals surface area contributed by atoms with Gasteiger partial charge in [-0.25, -0.2) is 4.79 Å². The molecule has 2 aromatic rings. The van der Waals surface area contributed by atoms with Crippen molar-refractivity contribution in [1.29, 1.82) is 0 Å².